The molecule has 1 aromatic heterocycles. The molecule has 0 bridgehead atoms. The molecule has 8 heteroatoms. The molecular weight excluding hydrogens is 264 g/mol. The molecule has 90 valence electrons. The Morgan fingerprint density at radius 1 is 1.59 bits per heavy atom. The molecule has 1 aliphatic rings. The molecule has 1 fully saturated rings. The van der Waals surface area contributed by atoms with Crippen molar-refractivity contribution in [3.05, 3.63) is 44.6 Å². The van der Waals surface area contributed by atoms with E-state index in [9.17, 15) is 10.1 Å². The minimum atomic E-state index is -0.436. The highest BCUT2D eigenvalue weighted by atomic mass is 35.5. The lowest BCUT2D eigenvalue weighted by Crippen LogP contribution is -2.19. The molecule has 0 saturated carbocycles. The van der Waals surface area contributed by atoms with E-state index in [2.05, 4.69) is 9.97 Å². The van der Waals surface area contributed by atoms with E-state index < -0.39 is 4.92 Å². The van der Waals surface area contributed by atoms with E-state index in [1.54, 1.807) is 6.20 Å². The summed E-state index contributed by atoms with van der Waals surface area (Å²) >= 11 is 7.11. The van der Waals surface area contributed by atoms with Crippen LogP contribution in [0.2, 0.25) is 5.15 Å². The molecular formula is C9H9ClN4O2S. The molecule has 0 atom stereocenters. The van der Waals surface area contributed by atoms with E-state index in [4.69, 9.17) is 11.6 Å². The standard InChI is InChI=1S/C9H9ClN4O2S/c10-8-4-11-7(3-12-8)5-13-1-2-17-9(13)6-14(15)16/h3-4,6H,1-2,5H2. The van der Waals surface area contributed by atoms with Crippen molar-refractivity contribution < 1.29 is 4.92 Å². The number of hydrogen-bond acceptors (Lipinski definition) is 6. The molecule has 1 saturated heterocycles. The van der Waals surface area contributed by atoms with Gasteiger partial charge < -0.3 is 4.90 Å². The number of rotatable bonds is 3. The topological polar surface area (TPSA) is 72.2 Å². The third-order valence-electron chi connectivity index (χ3n) is 2.17. The first kappa shape index (κ1) is 12.1. The van der Waals surface area contributed by atoms with Gasteiger partial charge in [0.2, 0.25) is 0 Å². The van der Waals surface area contributed by atoms with Gasteiger partial charge in [0.15, 0.2) is 0 Å². The summed E-state index contributed by atoms with van der Waals surface area (Å²) in [6.45, 7) is 1.28. The zero-order valence-corrected chi connectivity index (χ0v) is 10.3. The molecule has 2 rings (SSSR count). The first-order valence-electron chi connectivity index (χ1n) is 4.84. The summed E-state index contributed by atoms with van der Waals surface area (Å²) in [4.78, 5) is 19.9. The number of aromatic nitrogens is 2. The Labute approximate surface area is 107 Å². The third-order valence-corrected chi connectivity index (χ3v) is 3.41. The molecule has 0 amide bonds. The molecule has 0 unspecified atom stereocenters. The summed E-state index contributed by atoms with van der Waals surface area (Å²) < 4.78 is 0. The second-order valence-electron chi connectivity index (χ2n) is 3.35. The molecule has 1 aromatic rings. The van der Waals surface area contributed by atoms with Gasteiger partial charge in [-0.05, 0) is 0 Å². The van der Waals surface area contributed by atoms with E-state index in [1.165, 1.54) is 18.0 Å². The Hall–Kier alpha value is -1.34. The summed E-state index contributed by atoms with van der Waals surface area (Å²) in [6, 6.07) is 0. The number of hydrogen-bond donors (Lipinski definition) is 0. The second-order valence-corrected chi connectivity index (χ2v) is 4.86. The van der Waals surface area contributed by atoms with E-state index in [0.29, 0.717) is 16.7 Å². The maximum Gasteiger partial charge on any atom is 0.264 e. The highest BCUT2D eigenvalue weighted by Crippen LogP contribution is 2.28. The lowest BCUT2D eigenvalue weighted by molar-refractivity contribution is -0.403. The predicted octanol–water partition coefficient (Wildman–Crippen LogP) is 1.75. The maximum atomic E-state index is 10.4. The van der Waals surface area contributed by atoms with E-state index >= 15 is 0 Å². The van der Waals surface area contributed by atoms with Crippen LogP contribution in [-0.2, 0) is 6.54 Å². The molecule has 6 nitrogen and oxygen atoms in total. The molecule has 2 heterocycles. The van der Waals surface area contributed by atoms with Crippen molar-refractivity contribution in [1.82, 2.24) is 14.9 Å². The minimum absolute atomic E-state index is 0.339. The van der Waals surface area contributed by atoms with E-state index in [-0.39, 0.29) is 0 Å². The number of nitrogens with zero attached hydrogens (tertiary/aromatic N) is 4. The van der Waals surface area contributed by atoms with Crippen LogP contribution >= 0.6 is 23.4 Å². The molecule has 0 aromatic carbocycles. The Balaban J connectivity index is 2.07. The summed E-state index contributed by atoms with van der Waals surface area (Å²) in [5.41, 5.74) is 0.742. The Kier molecular flexibility index (Phi) is 3.80. The average Bonchev–Trinajstić information content (AvgIpc) is 2.68. The Bertz CT molecular complexity index is 451. The van der Waals surface area contributed by atoms with Crippen molar-refractivity contribution in [2.45, 2.75) is 6.54 Å². The van der Waals surface area contributed by atoms with E-state index in [1.807, 2.05) is 4.90 Å². The zero-order chi connectivity index (χ0) is 12.3. The minimum Gasteiger partial charge on any atom is -0.355 e. The fraction of sp³-hybridized carbons (Fsp3) is 0.333. The van der Waals surface area contributed by atoms with Gasteiger partial charge in [0.1, 0.15) is 10.2 Å². The van der Waals surface area contributed by atoms with Gasteiger partial charge in [-0.15, -0.1) is 11.8 Å². The van der Waals surface area contributed by atoms with Crippen LogP contribution in [0.5, 0.6) is 0 Å². The van der Waals surface area contributed by atoms with Gasteiger partial charge in [0, 0.05) is 12.3 Å². The summed E-state index contributed by atoms with van der Waals surface area (Å²) in [7, 11) is 0. The number of halogens is 1. The lowest BCUT2D eigenvalue weighted by atomic mass is 10.4. The van der Waals surface area contributed by atoms with E-state index in [0.717, 1.165) is 24.2 Å². The van der Waals surface area contributed by atoms with Crippen molar-refractivity contribution in [3.8, 4) is 0 Å². The monoisotopic (exact) mass is 272 g/mol. The molecule has 17 heavy (non-hydrogen) atoms. The van der Waals surface area contributed by atoms with Crippen LogP contribution in [0.15, 0.2) is 23.6 Å². The van der Waals surface area contributed by atoms with Crippen LogP contribution in [0.4, 0.5) is 0 Å². The molecule has 0 spiro atoms. The second kappa shape index (κ2) is 5.33. The highest BCUT2D eigenvalue weighted by molar-refractivity contribution is 8.03. The van der Waals surface area contributed by atoms with Crippen molar-refractivity contribution in [2.75, 3.05) is 12.3 Å². The van der Waals surface area contributed by atoms with Crippen LogP contribution in [0.25, 0.3) is 0 Å². The predicted molar refractivity (Wildman–Crippen MR) is 65.0 cm³/mol. The first-order chi connectivity index (χ1) is 8.15. The average molecular weight is 273 g/mol. The quantitative estimate of drug-likeness (QED) is 0.617. The summed E-state index contributed by atoms with van der Waals surface area (Å²) in [5, 5.41) is 11.4. The Morgan fingerprint density at radius 3 is 3.06 bits per heavy atom. The molecule has 0 N–H and O–H groups in total. The van der Waals surface area contributed by atoms with Crippen LogP contribution in [0, 0.1) is 10.1 Å². The van der Waals surface area contributed by atoms with Gasteiger partial charge in [0.25, 0.3) is 6.20 Å². The van der Waals surface area contributed by atoms with Crippen molar-refractivity contribution in [2.24, 2.45) is 0 Å². The number of thioether (sulfide) groups is 1. The fourth-order valence-electron chi connectivity index (χ4n) is 1.44. The third kappa shape index (κ3) is 3.31. The van der Waals surface area contributed by atoms with Crippen molar-refractivity contribution in [1.29, 1.82) is 0 Å². The lowest BCUT2D eigenvalue weighted by Gasteiger charge is -2.16. The maximum absolute atomic E-state index is 10.4. The molecule has 0 aliphatic carbocycles. The van der Waals surface area contributed by atoms with Gasteiger partial charge in [-0.25, -0.2) is 4.98 Å². The van der Waals surface area contributed by atoms with Crippen molar-refractivity contribution >= 4 is 23.4 Å². The van der Waals surface area contributed by atoms with Gasteiger partial charge in [-0.1, -0.05) is 11.6 Å². The highest BCUT2D eigenvalue weighted by Gasteiger charge is 2.21. The summed E-state index contributed by atoms with van der Waals surface area (Å²) in [6.07, 6.45) is 4.08. The fourth-order valence-corrected chi connectivity index (χ4v) is 2.56. The van der Waals surface area contributed by atoms with Gasteiger partial charge in [0.05, 0.1) is 29.6 Å². The van der Waals surface area contributed by atoms with Crippen LogP contribution in [-0.4, -0.2) is 32.1 Å². The smallest absolute Gasteiger partial charge is 0.264 e. The molecule has 1 aliphatic heterocycles. The zero-order valence-electron chi connectivity index (χ0n) is 8.74. The first-order valence-corrected chi connectivity index (χ1v) is 6.21. The summed E-state index contributed by atoms with van der Waals surface area (Å²) in [5.74, 6) is 0.848. The Morgan fingerprint density at radius 2 is 2.41 bits per heavy atom. The SMILES string of the molecule is O=[N+]([O-])C=C1SCCN1Cc1cnc(Cl)cn1. The molecule has 0 radical (unpaired) electrons. The van der Waals surface area contributed by atoms with Gasteiger partial charge in [-0.3, -0.25) is 15.1 Å². The van der Waals surface area contributed by atoms with Gasteiger partial charge in [-0.2, -0.15) is 0 Å². The van der Waals surface area contributed by atoms with Crippen LogP contribution in [0.3, 0.4) is 0 Å². The number of nitro groups is 1. The normalized spacial score (nSPS) is 17.7. The van der Waals surface area contributed by atoms with Crippen LogP contribution < -0.4 is 0 Å². The van der Waals surface area contributed by atoms with Gasteiger partial charge >= 0.3 is 0 Å². The van der Waals surface area contributed by atoms with Crippen molar-refractivity contribution in [3.63, 3.8) is 0 Å². The largest absolute Gasteiger partial charge is 0.355 e. The van der Waals surface area contributed by atoms with Crippen LogP contribution in [0.1, 0.15) is 5.69 Å².